The average molecular weight is 353 g/mol. The molecular formula is C19H23N5O2. The van der Waals surface area contributed by atoms with E-state index in [1.807, 2.05) is 35.2 Å². The third kappa shape index (κ3) is 3.87. The van der Waals surface area contributed by atoms with Gasteiger partial charge in [0.1, 0.15) is 5.69 Å². The van der Waals surface area contributed by atoms with Gasteiger partial charge in [-0.3, -0.25) is 9.89 Å². The Balaban J connectivity index is 1.32. The molecule has 1 aromatic heterocycles. The third-order valence-corrected chi connectivity index (χ3v) is 4.87. The highest BCUT2D eigenvalue weighted by molar-refractivity contribution is 5.92. The lowest BCUT2D eigenvalue weighted by molar-refractivity contribution is 0.0946. The maximum Gasteiger partial charge on any atom is 0.321 e. The van der Waals surface area contributed by atoms with E-state index in [9.17, 15) is 9.59 Å². The zero-order valence-corrected chi connectivity index (χ0v) is 14.6. The largest absolute Gasteiger partial charge is 0.347 e. The highest BCUT2D eigenvalue weighted by atomic mass is 16.2. The van der Waals surface area contributed by atoms with Crippen molar-refractivity contribution in [3.63, 3.8) is 0 Å². The van der Waals surface area contributed by atoms with Crippen LogP contribution < -0.4 is 10.6 Å². The molecule has 1 saturated carbocycles. The highest BCUT2D eigenvalue weighted by Crippen LogP contribution is 2.38. The van der Waals surface area contributed by atoms with Gasteiger partial charge in [0, 0.05) is 36.9 Å². The first-order valence-corrected chi connectivity index (χ1v) is 9.17. The molecule has 7 nitrogen and oxygen atoms in total. The number of H-pyrrole nitrogens is 1. The van der Waals surface area contributed by atoms with Gasteiger partial charge in [0.2, 0.25) is 0 Å². The Morgan fingerprint density at radius 1 is 1.19 bits per heavy atom. The quantitative estimate of drug-likeness (QED) is 0.772. The van der Waals surface area contributed by atoms with E-state index in [4.69, 9.17) is 0 Å². The number of carbonyl (C=O) groups is 2. The first-order valence-electron chi connectivity index (χ1n) is 9.17. The van der Waals surface area contributed by atoms with E-state index >= 15 is 0 Å². The van der Waals surface area contributed by atoms with E-state index in [0.717, 1.165) is 42.9 Å². The van der Waals surface area contributed by atoms with Crippen molar-refractivity contribution in [1.82, 2.24) is 20.4 Å². The summed E-state index contributed by atoms with van der Waals surface area (Å²) in [6.07, 6.45) is 4.46. The Morgan fingerprint density at radius 2 is 2.00 bits per heavy atom. The monoisotopic (exact) mass is 353 g/mol. The Hall–Kier alpha value is -2.83. The Labute approximate surface area is 152 Å². The molecule has 1 aromatic carbocycles. The van der Waals surface area contributed by atoms with Gasteiger partial charge >= 0.3 is 6.03 Å². The number of nitrogens with zero attached hydrogens (tertiary/aromatic N) is 2. The summed E-state index contributed by atoms with van der Waals surface area (Å²) in [6.45, 7) is 2.01. The molecule has 2 heterocycles. The normalized spacial score (nSPS) is 16.5. The number of aromatic amines is 1. The number of nitrogens with one attached hydrogen (secondary N) is 3. The highest BCUT2D eigenvalue weighted by Gasteiger charge is 2.26. The van der Waals surface area contributed by atoms with Gasteiger partial charge in [-0.05, 0) is 49.4 Å². The van der Waals surface area contributed by atoms with Crippen LogP contribution in [0.2, 0.25) is 0 Å². The van der Waals surface area contributed by atoms with E-state index < -0.39 is 0 Å². The standard InChI is InChI=1S/C19H23N5O2/c25-18(17-11-16(22-23-17)14-6-7-14)20-12-13-4-3-5-15(10-13)21-19(26)24-8-1-2-9-24/h3-5,10-11,14H,1-2,6-9,12H2,(H,20,25)(H,21,26)(H,22,23). The minimum Gasteiger partial charge on any atom is -0.347 e. The number of urea groups is 1. The van der Waals surface area contributed by atoms with Crippen LogP contribution in [-0.2, 0) is 6.54 Å². The second-order valence-corrected chi connectivity index (χ2v) is 6.99. The molecule has 7 heteroatoms. The Kier molecular flexibility index (Phi) is 4.60. The van der Waals surface area contributed by atoms with E-state index in [1.54, 1.807) is 0 Å². The van der Waals surface area contributed by atoms with Crippen LogP contribution in [0, 0.1) is 0 Å². The number of amides is 3. The lowest BCUT2D eigenvalue weighted by atomic mass is 10.2. The van der Waals surface area contributed by atoms with Crippen LogP contribution in [0.5, 0.6) is 0 Å². The number of benzene rings is 1. The molecule has 1 saturated heterocycles. The minimum absolute atomic E-state index is 0.0622. The topological polar surface area (TPSA) is 90.1 Å². The molecule has 2 fully saturated rings. The van der Waals surface area contributed by atoms with E-state index in [0.29, 0.717) is 18.2 Å². The minimum atomic E-state index is -0.195. The van der Waals surface area contributed by atoms with Gasteiger partial charge in [0.05, 0.1) is 0 Å². The van der Waals surface area contributed by atoms with Gasteiger partial charge in [-0.1, -0.05) is 12.1 Å². The SMILES string of the molecule is O=C(NCc1cccc(NC(=O)N2CCCC2)c1)c1cc(C2CC2)[nH]n1. The van der Waals surface area contributed by atoms with Gasteiger partial charge in [-0.25, -0.2) is 4.79 Å². The average Bonchev–Trinajstić information content (AvgIpc) is 3.14. The second kappa shape index (κ2) is 7.19. The molecule has 1 aliphatic heterocycles. The zero-order valence-electron chi connectivity index (χ0n) is 14.6. The molecule has 26 heavy (non-hydrogen) atoms. The fourth-order valence-corrected chi connectivity index (χ4v) is 3.21. The summed E-state index contributed by atoms with van der Waals surface area (Å²) >= 11 is 0. The Bertz CT molecular complexity index is 806. The number of likely N-dealkylation sites (tertiary alicyclic amines) is 1. The van der Waals surface area contributed by atoms with Crippen molar-refractivity contribution in [2.45, 2.75) is 38.1 Å². The van der Waals surface area contributed by atoms with Crippen molar-refractivity contribution in [2.24, 2.45) is 0 Å². The summed E-state index contributed by atoms with van der Waals surface area (Å²) in [4.78, 5) is 26.2. The number of hydrogen-bond donors (Lipinski definition) is 3. The van der Waals surface area contributed by atoms with Crippen molar-refractivity contribution in [1.29, 1.82) is 0 Å². The smallest absolute Gasteiger partial charge is 0.321 e. The summed E-state index contributed by atoms with van der Waals surface area (Å²) in [5, 5.41) is 12.8. The number of rotatable bonds is 5. The van der Waals surface area contributed by atoms with Crippen LogP contribution in [0.4, 0.5) is 10.5 Å². The van der Waals surface area contributed by atoms with Gasteiger partial charge in [0.15, 0.2) is 0 Å². The third-order valence-electron chi connectivity index (χ3n) is 4.87. The van der Waals surface area contributed by atoms with Crippen molar-refractivity contribution in [3.05, 3.63) is 47.3 Å². The van der Waals surface area contributed by atoms with E-state index in [2.05, 4.69) is 20.8 Å². The van der Waals surface area contributed by atoms with E-state index in [1.165, 1.54) is 12.8 Å². The van der Waals surface area contributed by atoms with Gasteiger partial charge in [0.25, 0.3) is 5.91 Å². The number of anilines is 1. The predicted molar refractivity (Wildman–Crippen MR) is 98.0 cm³/mol. The van der Waals surface area contributed by atoms with Gasteiger partial charge < -0.3 is 15.5 Å². The molecule has 0 bridgehead atoms. The first kappa shape index (κ1) is 16.6. The van der Waals surface area contributed by atoms with Crippen molar-refractivity contribution < 1.29 is 9.59 Å². The fourth-order valence-electron chi connectivity index (χ4n) is 3.21. The molecule has 3 N–H and O–H groups in total. The molecule has 0 atom stereocenters. The van der Waals surface area contributed by atoms with Crippen molar-refractivity contribution >= 4 is 17.6 Å². The second-order valence-electron chi connectivity index (χ2n) is 6.99. The summed E-state index contributed by atoms with van der Waals surface area (Å²) in [6, 6.07) is 9.31. The molecule has 136 valence electrons. The van der Waals surface area contributed by atoms with Gasteiger partial charge in [-0.15, -0.1) is 0 Å². The van der Waals surface area contributed by atoms with Crippen LogP contribution in [0.3, 0.4) is 0 Å². The number of carbonyl (C=O) groups excluding carboxylic acids is 2. The summed E-state index contributed by atoms with van der Waals surface area (Å²) in [5.74, 6) is 0.347. The molecule has 2 aromatic rings. The van der Waals surface area contributed by atoms with E-state index in [-0.39, 0.29) is 11.9 Å². The zero-order chi connectivity index (χ0) is 17.9. The molecule has 2 aliphatic rings. The summed E-state index contributed by atoms with van der Waals surface area (Å²) in [7, 11) is 0. The molecule has 0 spiro atoms. The lowest BCUT2D eigenvalue weighted by Crippen LogP contribution is -2.32. The lowest BCUT2D eigenvalue weighted by Gasteiger charge is -2.16. The molecule has 1 aliphatic carbocycles. The number of hydrogen-bond acceptors (Lipinski definition) is 3. The Morgan fingerprint density at radius 3 is 2.77 bits per heavy atom. The van der Waals surface area contributed by atoms with Crippen molar-refractivity contribution in [2.75, 3.05) is 18.4 Å². The molecular weight excluding hydrogens is 330 g/mol. The maximum absolute atomic E-state index is 12.2. The molecule has 0 unspecified atom stereocenters. The fraction of sp³-hybridized carbons (Fsp3) is 0.421. The van der Waals surface area contributed by atoms with Crippen LogP contribution in [-0.4, -0.2) is 40.1 Å². The van der Waals surface area contributed by atoms with Crippen LogP contribution in [0.25, 0.3) is 0 Å². The van der Waals surface area contributed by atoms with Crippen LogP contribution >= 0.6 is 0 Å². The molecule has 4 rings (SSSR count). The number of aromatic nitrogens is 2. The van der Waals surface area contributed by atoms with Gasteiger partial charge in [-0.2, -0.15) is 5.10 Å². The van der Waals surface area contributed by atoms with Crippen LogP contribution in [0.15, 0.2) is 30.3 Å². The summed E-state index contributed by atoms with van der Waals surface area (Å²) < 4.78 is 0. The van der Waals surface area contributed by atoms with Crippen LogP contribution in [0.1, 0.15) is 53.3 Å². The maximum atomic E-state index is 12.2. The predicted octanol–water partition coefficient (Wildman–Crippen LogP) is 2.84. The molecule has 3 amide bonds. The summed E-state index contributed by atoms with van der Waals surface area (Å²) in [5.41, 5.74) is 3.13. The first-order chi connectivity index (χ1) is 12.7. The van der Waals surface area contributed by atoms with Crippen molar-refractivity contribution in [3.8, 4) is 0 Å². The molecule has 0 radical (unpaired) electrons.